The summed E-state index contributed by atoms with van der Waals surface area (Å²) in [5.41, 5.74) is 1.48. The summed E-state index contributed by atoms with van der Waals surface area (Å²) in [5.74, 6) is 0.627. The van der Waals surface area contributed by atoms with E-state index in [9.17, 15) is 4.79 Å². The number of amides is 1. The second-order valence-corrected chi connectivity index (χ2v) is 7.51. The minimum atomic E-state index is -0.103. The van der Waals surface area contributed by atoms with Crippen LogP contribution in [-0.4, -0.2) is 10.9 Å². The number of aromatic nitrogens is 1. The molecule has 1 amide bonds. The number of halogens is 2. The minimum Gasteiger partial charge on any atom is -0.486 e. The fourth-order valence-corrected chi connectivity index (χ4v) is 3.34. The van der Waals surface area contributed by atoms with Crippen molar-refractivity contribution in [3.05, 3.63) is 74.1 Å². The Hall–Kier alpha value is -1.89. The Bertz CT molecular complexity index is 868. The number of hydrogen-bond acceptors (Lipinski definition) is 4. The third kappa shape index (κ3) is 5.56. The summed E-state index contributed by atoms with van der Waals surface area (Å²) in [4.78, 5) is 16.5. The molecule has 128 valence electrons. The molecule has 0 bridgehead atoms. The maximum atomic E-state index is 12.1. The summed E-state index contributed by atoms with van der Waals surface area (Å²) in [5, 5.41) is 6.22. The van der Waals surface area contributed by atoms with Crippen LogP contribution in [0.5, 0.6) is 5.75 Å². The van der Waals surface area contributed by atoms with Gasteiger partial charge in [0, 0.05) is 20.6 Å². The van der Waals surface area contributed by atoms with E-state index in [0.29, 0.717) is 11.6 Å². The molecule has 0 atom stereocenters. The maximum Gasteiger partial charge on any atom is 0.230 e. The van der Waals surface area contributed by atoms with Crippen LogP contribution in [0.2, 0.25) is 5.02 Å². The predicted molar refractivity (Wildman–Crippen MR) is 104 cm³/mol. The van der Waals surface area contributed by atoms with Gasteiger partial charge in [0.1, 0.15) is 17.4 Å². The number of hydrogen-bond donors (Lipinski definition) is 1. The molecule has 3 rings (SSSR count). The van der Waals surface area contributed by atoms with Crippen molar-refractivity contribution in [2.45, 2.75) is 13.0 Å². The molecule has 0 aliphatic carbocycles. The summed E-state index contributed by atoms with van der Waals surface area (Å²) in [7, 11) is 0. The van der Waals surface area contributed by atoms with Gasteiger partial charge in [-0.3, -0.25) is 4.79 Å². The topological polar surface area (TPSA) is 51.2 Å². The molecule has 0 unspecified atom stereocenters. The zero-order valence-corrected chi connectivity index (χ0v) is 16.2. The average Bonchev–Trinajstić information content (AvgIpc) is 3.01. The van der Waals surface area contributed by atoms with Gasteiger partial charge < -0.3 is 10.1 Å². The lowest BCUT2D eigenvalue weighted by atomic mass is 10.3. The number of nitrogens with zero attached hydrogens (tertiary/aromatic N) is 1. The van der Waals surface area contributed by atoms with E-state index in [1.807, 2.05) is 41.8 Å². The second-order valence-electron chi connectivity index (χ2n) is 5.21. The number of rotatable bonds is 6. The zero-order valence-electron chi connectivity index (χ0n) is 13.0. The van der Waals surface area contributed by atoms with Gasteiger partial charge in [0.15, 0.2) is 0 Å². The largest absolute Gasteiger partial charge is 0.486 e. The van der Waals surface area contributed by atoms with Gasteiger partial charge in [-0.25, -0.2) is 4.98 Å². The fraction of sp³-hybridized carbons (Fsp3) is 0.111. The van der Waals surface area contributed by atoms with E-state index in [-0.39, 0.29) is 12.3 Å². The number of nitrogens with one attached hydrogen (secondary N) is 1. The zero-order chi connectivity index (χ0) is 17.6. The van der Waals surface area contributed by atoms with Gasteiger partial charge in [-0.05, 0) is 42.5 Å². The van der Waals surface area contributed by atoms with Crippen LogP contribution in [0.25, 0.3) is 0 Å². The molecule has 0 aliphatic heterocycles. The van der Waals surface area contributed by atoms with Crippen LogP contribution in [0, 0.1) is 0 Å². The highest BCUT2D eigenvalue weighted by atomic mass is 79.9. The molecule has 0 fully saturated rings. The van der Waals surface area contributed by atoms with Gasteiger partial charge in [-0.15, -0.1) is 11.3 Å². The van der Waals surface area contributed by atoms with Crippen molar-refractivity contribution < 1.29 is 9.53 Å². The first kappa shape index (κ1) is 17.9. The lowest BCUT2D eigenvalue weighted by Crippen LogP contribution is -2.14. The third-order valence-corrected chi connectivity index (χ3v) is 4.84. The van der Waals surface area contributed by atoms with Crippen LogP contribution in [0.3, 0.4) is 0 Å². The molecule has 7 heteroatoms. The molecule has 0 saturated carbocycles. The van der Waals surface area contributed by atoms with Crippen molar-refractivity contribution in [3.63, 3.8) is 0 Å². The summed E-state index contributed by atoms with van der Waals surface area (Å²) in [6.45, 7) is 0.361. The lowest BCUT2D eigenvalue weighted by Gasteiger charge is -2.04. The number of benzene rings is 2. The summed E-state index contributed by atoms with van der Waals surface area (Å²) in [6, 6.07) is 14.6. The van der Waals surface area contributed by atoms with Gasteiger partial charge in [-0.2, -0.15) is 0 Å². The Balaban J connectivity index is 1.52. The Morgan fingerprint density at radius 3 is 2.80 bits per heavy atom. The van der Waals surface area contributed by atoms with Gasteiger partial charge in [0.05, 0.1) is 12.1 Å². The van der Waals surface area contributed by atoms with Crippen LogP contribution in [0.1, 0.15) is 10.7 Å². The monoisotopic (exact) mass is 436 g/mol. The number of carbonyl (C=O) groups is 1. The highest BCUT2D eigenvalue weighted by molar-refractivity contribution is 9.10. The van der Waals surface area contributed by atoms with E-state index < -0.39 is 0 Å². The van der Waals surface area contributed by atoms with Crippen LogP contribution in [0.15, 0.2) is 58.4 Å². The normalized spacial score (nSPS) is 10.5. The Labute approximate surface area is 162 Å². The summed E-state index contributed by atoms with van der Waals surface area (Å²) in [6.07, 6.45) is 0.226. The van der Waals surface area contributed by atoms with Crippen molar-refractivity contribution in [2.24, 2.45) is 0 Å². The van der Waals surface area contributed by atoms with Crippen LogP contribution >= 0.6 is 38.9 Å². The molecule has 0 spiro atoms. The smallest absolute Gasteiger partial charge is 0.230 e. The summed E-state index contributed by atoms with van der Waals surface area (Å²) >= 11 is 10.7. The van der Waals surface area contributed by atoms with E-state index >= 15 is 0 Å². The number of carbonyl (C=O) groups excluding carboxylic acids is 1. The van der Waals surface area contributed by atoms with Crippen LogP contribution < -0.4 is 10.1 Å². The average molecular weight is 438 g/mol. The standard InChI is InChI=1S/C18H14BrClN2O2S/c19-12-2-1-3-14(8-12)21-17(23)9-15-11-25-18(22-15)10-24-16-6-4-13(20)5-7-16/h1-8,11H,9-10H2,(H,21,23). The molecule has 4 nitrogen and oxygen atoms in total. The minimum absolute atomic E-state index is 0.103. The Kier molecular flexibility index (Phi) is 6.07. The highest BCUT2D eigenvalue weighted by Gasteiger charge is 2.09. The van der Waals surface area contributed by atoms with Crippen molar-refractivity contribution in [1.82, 2.24) is 4.98 Å². The van der Waals surface area contributed by atoms with E-state index in [1.54, 1.807) is 12.1 Å². The van der Waals surface area contributed by atoms with Crippen LogP contribution in [-0.2, 0) is 17.8 Å². The first-order valence-corrected chi connectivity index (χ1v) is 9.50. The maximum absolute atomic E-state index is 12.1. The molecular weight excluding hydrogens is 424 g/mol. The number of ether oxygens (including phenoxy) is 1. The van der Waals surface area contributed by atoms with Gasteiger partial charge in [-0.1, -0.05) is 33.6 Å². The lowest BCUT2D eigenvalue weighted by molar-refractivity contribution is -0.115. The van der Waals surface area contributed by atoms with E-state index in [1.165, 1.54) is 11.3 Å². The molecule has 3 aromatic rings. The molecule has 1 aromatic heterocycles. The van der Waals surface area contributed by atoms with Crippen molar-refractivity contribution in [1.29, 1.82) is 0 Å². The van der Waals surface area contributed by atoms with Crippen molar-refractivity contribution in [2.75, 3.05) is 5.32 Å². The van der Waals surface area contributed by atoms with Gasteiger partial charge in [0.2, 0.25) is 5.91 Å². The fourth-order valence-electron chi connectivity index (χ4n) is 2.11. The van der Waals surface area contributed by atoms with Crippen LogP contribution in [0.4, 0.5) is 5.69 Å². The van der Waals surface area contributed by atoms with Crippen molar-refractivity contribution >= 4 is 50.5 Å². The second kappa shape index (κ2) is 8.47. The number of thiazole rings is 1. The molecule has 25 heavy (non-hydrogen) atoms. The van der Waals surface area contributed by atoms with Crippen molar-refractivity contribution in [3.8, 4) is 5.75 Å². The molecular formula is C18H14BrClN2O2S. The Morgan fingerprint density at radius 2 is 2.04 bits per heavy atom. The third-order valence-electron chi connectivity index (χ3n) is 3.23. The Morgan fingerprint density at radius 1 is 1.24 bits per heavy atom. The van der Waals surface area contributed by atoms with E-state index in [2.05, 4.69) is 26.2 Å². The molecule has 0 radical (unpaired) electrons. The van der Waals surface area contributed by atoms with E-state index in [4.69, 9.17) is 16.3 Å². The quantitative estimate of drug-likeness (QED) is 0.568. The molecule has 1 N–H and O–H groups in total. The molecule has 0 saturated heterocycles. The number of anilines is 1. The molecule has 1 heterocycles. The predicted octanol–water partition coefficient (Wildman–Crippen LogP) is 5.32. The van der Waals surface area contributed by atoms with E-state index in [0.717, 1.165) is 26.6 Å². The first-order valence-electron chi connectivity index (χ1n) is 7.45. The van der Waals surface area contributed by atoms with Gasteiger partial charge >= 0.3 is 0 Å². The highest BCUT2D eigenvalue weighted by Crippen LogP contribution is 2.19. The molecule has 0 aliphatic rings. The molecule has 2 aromatic carbocycles. The van der Waals surface area contributed by atoms with Gasteiger partial charge in [0.25, 0.3) is 0 Å². The summed E-state index contributed by atoms with van der Waals surface area (Å²) < 4.78 is 6.57. The SMILES string of the molecule is O=C(Cc1csc(COc2ccc(Cl)cc2)n1)Nc1cccc(Br)c1. The first-order chi connectivity index (χ1) is 12.1.